The second-order valence-electron chi connectivity index (χ2n) is 3.58. The Balaban J connectivity index is 2.83. The van der Waals surface area contributed by atoms with Crippen LogP contribution in [-0.2, 0) is 14.6 Å². The number of carbonyl (C=O) groups is 1. The van der Waals surface area contributed by atoms with Crippen LogP contribution in [0.25, 0.3) is 0 Å². The van der Waals surface area contributed by atoms with Gasteiger partial charge in [-0.25, -0.2) is 8.42 Å². The number of aryl methyl sites for hydroxylation is 1. The third kappa shape index (κ3) is 4.07. The summed E-state index contributed by atoms with van der Waals surface area (Å²) in [5.41, 5.74) is 0.963. The maximum absolute atomic E-state index is 11.8. The third-order valence-electron chi connectivity index (χ3n) is 2.11. The lowest BCUT2D eigenvalue weighted by Gasteiger charge is -1.99. The number of hydrogen-bond acceptors (Lipinski definition) is 3. The van der Waals surface area contributed by atoms with Crippen LogP contribution in [0.5, 0.6) is 0 Å². The van der Waals surface area contributed by atoms with Crippen molar-refractivity contribution in [2.24, 2.45) is 0 Å². The van der Waals surface area contributed by atoms with E-state index in [2.05, 4.69) is 11.2 Å². The molecule has 94 valence electrons. The van der Waals surface area contributed by atoms with Crippen LogP contribution in [0.2, 0.25) is 0 Å². The van der Waals surface area contributed by atoms with Crippen LogP contribution < -0.4 is 5.32 Å². The van der Waals surface area contributed by atoms with E-state index in [4.69, 9.17) is 6.42 Å². The van der Waals surface area contributed by atoms with Crippen LogP contribution in [0.1, 0.15) is 5.56 Å². The van der Waals surface area contributed by atoms with E-state index in [1.165, 1.54) is 12.1 Å². The van der Waals surface area contributed by atoms with E-state index in [0.29, 0.717) is 0 Å². The Bertz CT molecular complexity index is 592. The molecule has 5 heteroatoms. The average molecular weight is 263 g/mol. The number of carbonyl (C=O) groups excluding carboxylic acids is 1. The summed E-state index contributed by atoms with van der Waals surface area (Å²) in [7, 11) is -3.59. The van der Waals surface area contributed by atoms with Crippen molar-refractivity contribution in [3.8, 4) is 12.3 Å². The molecule has 0 radical (unpaired) electrons. The molecule has 1 aromatic carbocycles. The van der Waals surface area contributed by atoms with Gasteiger partial charge in [-0.2, -0.15) is 0 Å². The summed E-state index contributed by atoms with van der Waals surface area (Å²) in [5.74, 6) is 1.68. The molecule has 0 aliphatic heterocycles. The highest BCUT2D eigenvalue weighted by molar-refractivity contribution is 7.94. The first-order valence-electron chi connectivity index (χ1n) is 5.17. The zero-order valence-electron chi connectivity index (χ0n) is 9.88. The highest BCUT2D eigenvalue weighted by Gasteiger charge is 2.10. The minimum Gasteiger partial charge on any atom is -0.342 e. The molecule has 0 unspecified atom stereocenters. The van der Waals surface area contributed by atoms with E-state index in [9.17, 15) is 13.2 Å². The fourth-order valence-electron chi connectivity index (χ4n) is 1.15. The normalized spacial score (nSPS) is 11.1. The quantitative estimate of drug-likeness (QED) is 0.652. The summed E-state index contributed by atoms with van der Waals surface area (Å²) >= 11 is 0. The van der Waals surface area contributed by atoms with E-state index in [0.717, 1.165) is 17.0 Å². The van der Waals surface area contributed by atoms with Crippen molar-refractivity contribution < 1.29 is 13.2 Å². The molecule has 18 heavy (non-hydrogen) atoms. The van der Waals surface area contributed by atoms with Gasteiger partial charge in [-0.05, 0) is 19.1 Å². The lowest BCUT2D eigenvalue weighted by atomic mass is 10.2. The predicted octanol–water partition coefficient (Wildman–Crippen LogP) is 1.03. The minimum absolute atomic E-state index is 0.0632. The molecule has 0 aliphatic rings. The maximum atomic E-state index is 11.8. The molecule has 1 amide bonds. The van der Waals surface area contributed by atoms with E-state index < -0.39 is 15.7 Å². The largest absolute Gasteiger partial charge is 0.342 e. The van der Waals surface area contributed by atoms with Gasteiger partial charge in [-0.15, -0.1) is 6.42 Å². The second-order valence-corrected chi connectivity index (χ2v) is 5.42. The first kappa shape index (κ1) is 14.0. The molecule has 0 atom stereocenters. The first-order chi connectivity index (χ1) is 8.45. The molecule has 0 spiro atoms. The topological polar surface area (TPSA) is 63.2 Å². The van der Waals surface area contributed by atoms with Crippen LogP contribution in [0.3, 0.4) is 0 Å². The van der Waals surface area contributed by atoms with Gasteiger partial charge in [0.25, 0.3) is 0 Å². The van der Waals surface area contributed by atoms with Crippen molar-refractivity contribution in [2.75, 3.05) is 6.54 Å². The molecule has 0 aliphatic carbocycles. The van der Waals surface area contributed by atoms with Gasteiger partial charge >= 0.3 is 0 Å². The maximum Gasteiger partial charge on any atom is 0.245 e. The molecule has 0 bridgehead atoms. The zero-order chi connectivity index (χ0) is 13.6. The molecular weight excluding hydrogens is 250 g/mol. The molecule has 0 aromatic heterocycles. The Morgan fingerprint density at radius 2 is 2.00 bits per heavy atom. The van der Waals surface area contributed by atoms with Gasteiger partial charge in [0.1, 0.15) is 0 Å². The summed E-state index contributed by atoms with van der Waals surface area (Å²) in [5, 5.41) is 3.20. The van der Waals surface area contributed by atoms with Crippen LogP contribution >= 0.6 is 0 Å². The predicted molar refractivity (Wildman–Crippen MR) is 69.3 cm³/mol. The Morgan fingerprint density at radius 1 is 1.39 bits per heavy atom. The van der Waals surface area contributed by atoms with E-state index in [-0.39, 0.29) is 11.4 Å². The van der Waals surface area contributed by atoms with Gasteiger partial charge in [-0.1, -0.05) is 23.6 Å². The standard InChI is InChI=1S/C13H13NO3S/c1-3-9-14-13(15)8-10-18(16,17)12-6-4-11(2)5-7-12/h1,4-8,10H,9H2,2H3,(H,14,15)/b10-8+. The molecule has 1 rings (SSSR count). The van der Waals surface area contributed by atoms with Gasteiger partial charge in [0.2, 0.25) is 5.91 Å². The summed E-state index contributed by atoms with van der Waals surface area (Å²) in [6.07, 6.45) is 5.91. The van der Waals surface area contributed by atoms with E-state index >= 15 is 0 Å². The number of rotatable bonds is 4. The summed E-state index contributed by atoms with van der Waals surface area (Å²) in [4.78, 5) is 11.3. The van der Waals surface area contributed by atoms with Gasteiger partial charge < -0.3 is 5.32 Å². The second kappa shape index (κ2) is 6.03. The molecule has 1 N–H and O–H groups in total. The molecule has 0 heterocycles. The van der Waals surface area contributed by atoms with Crippen LogP contribution in [0, 0.1) is 19.3 Å². The van der Waals surface area contributed by atoms with Crippen LogP contribution in [0.15, 0.2) is 40.6 Å². The van der Waals surface area contributed by atoms with Crippen LogP contribution in [0.4, 0.5) is 0 Å². The van der Waals surface area contributed by atoms with E-state index in [1.807, 2.05) is 6.92 Å². The average Bonchev–Trinajstić information content (AvgIpc) is 2.34. The van der Waals surface area contributed by atoms with Crippen molar-refractivity contribution in [2.45, 2.75) is 11.8 Å². The number of amides is 1. The Labute approximate surface area is 107 Å². The number of sulfone groups is 1. The fourth-order valence-corrected chi connectivity index (χ4v) is 2.13. The van der Waals surface area contributed by atoms with Gasteiger partial charge in [0.05, 0.1) is 11.4 Å². The highest BCUT2D eigenvalue weighted by Crippen LogP contribution is 2.12. The van der Waals surface area contributed by atoms with Crippen molar-refractivity contribution in [3.63, 3.8) is 0 Å². The highest BCUT2D eigenvalue weighted by atomic mass is 32.2. The van der Waals surface area contributed by atoms with E-state index in [1.54, 1.807) is 12.1 Å². The number of benzene rings is 1. The monoisotopic (exact) mass is 263 g/mol. The number of nitrogens with one attached hydrogen (secondary N) is 1. The Hall–Kier alpha value is -2.06. The van der Waals surface area contributed by atoms with Gasteiger partial charge in [0.15, 0.2) is 9.84 Å². The summed E-state index contributed by atoms with van der Waals surface area (Å²) in [6.45, 7) is 1.92. The smallest absolute Gasteiger partial charge is 0.245 e. The summed E-state index contributed by atoms with van der Waals surface area (Å²) in [6, 6.07) is 6.38. The Morgan fingerprint density at radius 3 is 2.56 bits per heavy atom. The molecule has 0 fully saturated rings. The zero-order valence-corrected chi connectivity index (χ0v) is 10.7. The first-order valence-corrected chi connectivity index (χ1v) is 6.71. The SMILES string of the molecule is C#CCNC(=O)/C=C/S(=O)(=O)c1ccc(C)cc1. The van der Waals surface area contributed by atoms with Crippen molar-refractivity contribution in [1.29, 1.82) is 0 Å². The van der Waals surface area contributed by atoms with Crippen molar-refractivity contribution in [1.82, 2.24) is 5.32 Å². The molecule has 1 aromatic rings. The lowest BCUT2D eigenvalue weighted by Crippen LogP contribution is -2.21. The van der Waals surface area contributed by atoms with Crippen molar-refractivity contribution >= 4 is 15.7 Å². The van der Waals surface area contributed by atoms with Gasteiger partial charge in [0, 0.05) is 11.5 Å². The van der Waals surface area contributed by atoms with Crippen LogP contribution in [-0.4, -0.2) is 20.9 Å². The van der Waals surface area contributed by atoms with Crippen molar-refractivity contribution in [3.05, 3.63) is 41.3 Å². The summed E-state index contributed by atoms with van der Waals surface area (Å²) < 4.78 is 23.6. The molecule has 0 saturated heterocycles. The molecule has 0 saturated carbocycles. The molecular formula is C13H13NO3S. The number of hydrogen-bond donors (Lipinski definition) is 1. The third-order valence-corrected chi connectivity index (χ3v) is 3.54. The molecule has 4 nitrogen and oxygen atoms in total. The number of terminal acetylenes is 1. The minimum atomic E-state index is -3.59. The Kier molecular flexibility index (Phi) is 4.69. The lowest BCUT2D eigenvalue weighted by molar-refractivity contribution is -0.116. The van der Waals surface area contributed by atoms with Gasteiger partial charge in [-0.3, -0.25) is 4.79 Å². The fraction of sp³-hybridized carbons (Fsp3) is 0.154.